The number of nitrogens with one attached hydrogen (secondary N) is 4. The maximum atomic E-state index is 12.9. The summed E-state index contributed by atoms with van der Waals surface area (Å²) in [6.45, 7) is 1.40. The Morgan fingerprint density at radius 2 is 1.58 bits per heavy atom. The highest BCUT2D eigenvalue weighted by atomic mass is 16.4. The molecule has 0 fully saturated rings. The summed E-state index contributed by atoms with van der Waals surface area (Å²) in [4.78, 5) is 77.4. The van der Waals surface area contributed by atoms with Gasteiger partial charge in [0.1, 0.15) is 18.1 Å². The van der Waals surface area contributed by atoms with Crippen LogP contribution in [0.3, 0.4) is 0 Å². The highest BCUT2D eigenvalue weighted by molar-refractivity contribution is 5.95. The van der Waals surface area contributed by atoms with Crippen molar-refractivity contribution in [1.29, 1.82) is 0 Å². The summed E-state index contributed by atoms with van der Waals surface area (Å²) in [7, 11) is 0. The first-order chi connectivity index (χ1) is 15.4. The molecule has 0 aliphatic heterocycles. The van der Waals surface area contributed by atoms with Crippen molar-refractivity contribution in [2.45, 2.75) is 56.8 Å². The van der Waals surface area contributed by atoms with Gasteiger partial charge in [-0.15, -0.1) is 0 Å². The number of hydrogen-bond donors (Lipinski definition) is 8. The largest absolute Gasteiger partial charge is 0.481 e. The van der Waals surface area contributed by atoms with Crippen LogP contribution in [0, 0.1) is 0 Å². The van der Waals surface area contributed by atoms with E-state index < -0.39 is 66.2 Å². The third kappa shape index (κ3) is 9.77. The fourth-order valence-electron chi connectivity index (χ4n) is 2.60. The zero-order valence-corrected chi connectivity index (χ0v) is 17.7. The van der Waals surface area contributed by atoms with Crippen molar-refractivity contribution in [3.8, 4) is 0 Å². The molecule has 0 bridgehead atoms. The molecule has 0 aromatic carbocycles. The van der Waals surface area contributed by atoms with Gasteiger partial charge in [-0.2, -0.15) is 0 Å². The fraction of sp³-hybridized carbons (Fsp3) is 0.500. The molecule has 4 amide bonds. The predicted molar refractivity (Wildman–Crippen MR) is 110 cm³/mol. The Morgan fingerprint density at radius 1 is 1.00 bits per heavy atom. The van der Waals surface area contributed by atoms with Crippen molar-refractivity contribution < 1.29 is 39.0 Å². The first kappa shape index (κ1) is 27.0. The lowest BCUT2D eigenvalue weighted by Gasteiger charge is -2.24. The van der Waals surface area contributed by atoms with Crippen molar-refractivity contribution in [1.82, 2.24) is 25.9 Å². The molecule has 1 aromatic rings. The summed E-state index contributed by atoms with van der Waals surface area (Å²) in [5.74, 6) is -6.40. The molecule has 4 atom stereocenters. The van der Waals surface area contributed by atoms with Crippen LogP contribution in [-0.4, -0.2) is 79.9 Å². The van der Waals surface area contributed by atoms with Crippen molar-refractivity contribution in [3.63, 3.8) is 0 Å². The van der Waals surface area contributed by atoms with E-state index in [-0.39, 0.29) is 19.3 Å². The van der Waals surface area contributed by atoms with Gasteiger partial charge in [-0.1, -0.05) is 0 Å². The van der Waals surface area contributed by atoms with E-state index in [9.17, 15) is 28.8 Å². The molecule has 0 saturated carbocycles. The summed E-state index contributed by atoms with van der Waals surface area (Å²) < 4.78 is 0. The van der Waals surface area contributed by atoms with Crippen LogP contribution in [0.2, 0.25) is 0 Å². The Hall–Kier alpha value is -4.01. The quantitative estimate of drug-likeness (QED) is 0.134. The molecule has 1 heterocycles. The predicted octanol–water partition coefficient (Wildman–Crippen LogP) is -3.42. The van der Waals surface area contributed by atoms with Gasteiger partial charge in [-0.3, -0.25) is 24.0 Å². The van der Waals surface area contributed by atoms with E-state index in [1.165, 1.54) is 19.4 Å². The molecule has 0 aliphatic carbocycles. The number of carbonyl (C=O) groups excluding carboxylic acids is 4. The highest BCUT2D eigenvalue weighted by Crippen LogP contribution is 2.05. The maximum Gasteiger partial charge on any atom is 0.326 e. The van der Waals surface area contributed by atoms with Gasteiger partial charge in [0.15, 0.2) is 0 Å². The number of aromatic nitrogens is 2. The third-order valence-corrected chi connectivity index (χ3v) is 4.33. The number of carboxylic acid groups (broad SMARTS) is 2. The minimum Gasteiger partial charge on any atom is -0.481 e. The smallest absolute Gasteiger partial charge is 0.326 e. The highest BCUT2D eigenvalue weighted by Gasteiger charge is 2.31. The lowest BCUT2D eigenvalue weighted by Crippen LogP contribution is -2.57. The van der Waals surface area contributed by atoms with E-state index in [4.69, 9.17) is 21.7 Å². The monoisotopic (exact) mass is 469 g/mol. The van der Waals surface area contributed by atoms with Gasteiger partial charge in [0, 0.05) is 24.7 Å². The van der Waals surface area contributed by atoms with Crippen LogP contribution in [0.1, 0.15) is 31.9 Å². The zero-order chi connectivity index (χ0) is 25.1. The topological polar surface area (TPSA) is 260 Å². The number of carbonyl (C=O) groups is 6. The molecule has 0 aliphatic rings. The van der Waals surface area contributed by atoms with Crippen molar-refractivity contribution in [2.75, 3.05) is 0 Å². The van der Waals surface area contributed by atoms with E-state index in [2.05, 4.69) is 20.6 Å². The lowest BCUT2D eigenvalue weighted by atomic mass is 10.1. The van der Waals surface area contributed by atoms with Crippen LogP contribution < -0.4 is 27.4 Å². The number of aliphatic carboxylic acids is 2. The first-order valence-electron chi connectivity index (χ1n) is 9.77. The molecule has 1 aromatic heterocycles. The van der Waals surface area contributed by atoms with Crippen LogP contribution in [0.4, 0.5) is 0 Å². The molecule has 0 spiro atoms. The summed E-state index contributed by atoms with van der Waals surface area (Å²) in [6, 6.07) is -5.37. The van der Waals surface area contributed by atoms with Gasteiger partial charge in [0.2, 0.25) is 23.6 Å². The van der Waals surface area contributed by atoms with Gasteiger partial charge in [-0.25, -0.2) is 9.78 Å². The number of amides is 4. The van der Waals surface area contributed by atoms with E-state index in [1.54, 1.807) is 0 Å². The number of hydrogen-bond acceptors (Lipinski definition) is 8. The van der Waals surface area contributed by atoms with Crippen LogP contribution in [0.5, 0.6) is 0 Å². The van der Waals surface area contributed by atoms with Crippen molar-refractivity contribution in [3.05, 3.63) is 18.2 Å². The normalized spacial score (nSPS) is 14.2. The molecule has 0 radical (unpaired) electrons. The van der Waals surface area contributed by atoms with Crippen LogP contribution >= 0.6 is 0 Å². The van der Waals surface area contributed by atoms with Gasteiger partial charge >= 0.3 is 11.9 Å². The zero-order valence-electron chi connectivity index (χ0n) is 17.7. The molecular formula is C18H27N7O8. The van der Waals surface area contributed by atoms with Crippen LogP contribution in [-0.2, 0) is 35.2 Å². The number of H-pyrrole nitrogens is 1. The summed E-state index contributed by atoms with van der Waals surface area (Å²) in [6.07, 6.45) is 1.17. The standard InChI is InChI=1S/C18H27N7O8/c1-8(19)15(29)24-11(4-9-6-21-7-22-9)17(31)23-10(2-3-13(20)26)16(30)25-12(18(32)33)5-14(27)28/h6-8,10-12H,2-5,19H2,1H3,(H2,20,26)(H,21,22)(H,23,31)(H,24,29)(H,25,30)(H,27,28)(H,32,33). The number of carboxylic acids is 2. The lowest BCUT2D eigenvalue weighted by molar-refractivity contribution is -0.147. The Bertz CT molecular complexity index is 871. The fourth-order valence-corrected chi connectivity index (χ4v) is 2.60. The van der Waals surface area contributed by atoms with E-state index in [0.29, 0.717) is 5.69 Å². The minimum absolute atomic E-state index is 0.0504. The number of rotatable bonds is 14. The van der Waals surface area contributed by atoms with Gasteiger partial charge < -0.3 is 42.6 Å². The second-order valence-corrected chi connectivity index (χ2v) is 7.19. The summed E-state index contributed by atoms with van der Waals surface area (Å²) in [5, 5.41) is 24.7. The molecule has 33 heavy (non-hydrogen) atoms. The van der Waals surface area contributed by atoms with E-state index >= 15 is 0 Å². The third-order valence-electron chi connectivity index (χ3n) is 4.33. The second-order valence-electron chi connectivity index (χ2n) is 7.19. The number of imidazole rings is 1. The first-order valence-corrected chi connectivity index (χ1v) is 9.77. The maximum absolute atomic E-state index is 12.9. The molecule has 182 valence electrons. The summed E-state index contributed by atoms with van der Waals surface area (Å²) in [5.41, 5.74) is 11.1. The Labute approximate surface area is 187 Å². The molecule has 0 saturated heterocycles. The molecule has 10 N–H and O–H groups in total. The number of nitrogens with zero attached hydrogens (tertiary/aromatic N) is 1. The summed E-state index contributed by atoms with van der Waals surface area (Å²) >= 11 is 0. The molecule has 4 unspecified atom stereocenters. The van der Waals surface area contributed by atoms with Gasteiger partial charge in [0.05, 0.1) is 18.8 Å². The minimum atomic E-state index is -1.78. The molecular weight excluding hydrogens is 442 g/mol. The Kier molecular flexibility index (Phi) is 10.4. The van der Waals surface area contributed by atoms with Crippen molar-refractivity contribution >= 4 is 35.6 Å². The van der Waals surface area contributed by atoms with Crippen LogP contribution in [0.15, 0.2) is 12.5 Å². The average Bonchev–Trinajstić information content (AvgIpc) is 3.22. The van der Waals surface area contributed by atoms with Gasteiger partial charge in [-0.05, 0) is 13.3 Å². The average molecular weight is 469 g/mol. The Morgan fingerprint density at radius 3 is 2.06 bits per heavy atom. The van der Waals surface area contributed by atoms with Crippen LogP contribution in [0.25, 0.3) is 0 Å². The molecule has 1 rings (SSSR count). The van der Waals surface area contributed by atoms with E-state index in [0.717, 1.165) is 0 Å². The molecule has 15 nitrogen and oxygen atoms in total. The van der Waals surface area contributed by atoms with Crippen molar-refractivity contribution in [2.24, 2.45) is 11.5 Å². The van der Waals surface area contributed by atoms with Gasteiger partial charge in [0.25, 0.3) is 0 Å². The Balaban J connectivity index is 3.05. The van der Waals surface area contributed by atoms with E-state index in [1.807, 2.05) is 5.32 Å². The molecule has 15 heteroatoms. The number of primary amides is 1. The SMILES string of the molecule is CC(N)C(=O)NC(Cc1cnc[nH]1)C(=O)NC(CCC(N)=O)C(=O)NC(CC(=O)O)C(=O)O. The number of aromatic amines is 1. The number of nitrogens with two attached hydrogens (primary N) is 2. The second kappa shape index (κ2) is 12.7.